The van der Waals surface area contributed by atoms with Crippen LogP contribution in [0.4, 0.5) is 0 Å². The van der Waals surface area contributed by atoms with Crippen LogP contribution in [0.3, 0.4) is 0 Å². The molecule has 304 valence electrons. The summed E-state index contributed by atoms with van der Waals surface area (Å²) in [4.78, 5) is 36.7. The number of carbonyl (C=O) groups is 3. The zero-order valence-corrected chi connectivity index (χ0v) is 39.9. The highest BCUT2D eigenvalue weighted by Crippen LogP contribution is 2.39. The summed E-state index contributed by atoms with van der Waals surface area (Å²) in [7, 11) is -11.6. The first-order valence-electron chi connectivity index (χ1n) is 18.1. The molecule has 2 aliphatic heterocycles. The zero-order chi connectivity index (χ0) is 40.2. The van der Waals surface area contributed by atoms with Gasteiger partial charge in [0.05, 0.1) is 0 Å². The van der Waals surface area contributed by atoms with E-state index in [9.17, 15) is 14.4 Å². The molecule has 0 saturated carbocycles. The number of esters is 3. The van der Waals surface area contributed by atoms with Crippen molar-refractivity contribution in [3.63, 3.8) is 0 Å². The van der Waals surface area contributed by atoms with Crippen molar-refractivity contribution in [1.82, 2.24) is 0 Å². The molecule has 2 aliphatic rings. The van der Waals surface area contributed by atoms with Gasteiger partial charge in [0.2, 0.25) is 6.29 Å². The molecule has 0 bridgehead atoms. The molecule has 0 aromatic carbocycles. The molecule has 0 radical (unpaired) electrons. The van der Waals surface area contributed by atoms with Crippen LogP contribution in [-0.4, -0.2) is 134 Å². The molecule has 2 heterocycles. The lowest BCUT2D eigenvalue weighted by Crippen LogP contribution is -2.69. The van der Waals surface area contributed by atoms with Gasteiger partial charge in [-0.25, -0.2) is 0 Å². The van der Waals surface area contributed by atoms with Gasteiger partial charge in [0.1, 0.15) is 62.0 Å². The van der Waals surface area contributed by atoms with E-state index >= 15 is 0 Å². The van der Waals surface area contributed by atoms with Gasteiger partial charge in [0.15, 0.2) is 47.9 Å². The van der Waals surface area contributed by atoms with Crippen LogP contribution in [0.25, 0.3) is 0 Å². The topological polar surface area (TPSA) is 153 Å². The number of ether oxygens (including phenoxy) is 6. The van der Waals surface area contributed by atoms with Crippen molar-refractivity contribution in [2.75, 3.05) is 13.2 Å². The highest BCUT2D eigenvalue weighted by Gasteiger charge is 2.57. The van der Waals surface area contributed by atoms with E-state index in [4.69, 9.17) is 50.6 Å². The third-order valence-electron chi connectivity index (χ3n) is 7.11. The maximum atomic E-state index is 12.4. The quantitative estimate of drug-likeness (QED) is 0.101. The van der Waals surface area contributed by atoms with Crippen LogP contribution in [0.2, 0.25) is 98.2 Å². The van der Waals surface area contributed by atoms with Gasteiger partial charge in [0.25, 0.3) is 0 Å². The second-order valence-corrected chi connectivity index (χ2v) is 40.7. The molecule has 2 rings (SSSR count). The third-order valence-corrected chi connectivity index (χ3v) is 12.0. The van der Waals surface area contributed by atoms with Crippen molar-refractivity contribution in [1.29, 1.82) is 0 Å². The highest BCUT2D eigenvalue weighted by atomic mass is 28.4. The first-order chi connectivity index (χ1) is 23.3. The number of rotatable bonds is 17. The summed E-state index contributed by atoms with van der Waals surface area (Å²) in [6.07, 6.45) is -8.90. The van der Waals surface area contributed by atoms with Gasteiger partial charge in [-0.3, -0.25) is 14.4 Å². The van der Waals surface area contributed by atoms with E-state index in [1.165, 1.54) is 20.8 Å². The molecule has 0 amide bonds. The van der Waals surface area contributed by atoms with E-state index in [-0.39, 0.29) is 13.2 Å². The predicted octanol–water partition coefficient (Wildman–Crippen LogP) is 5.61. The van der Waals surface area contributed by atoms with Crippen LogP contribution < -0.4 is 0 Å². The molecule has 14 nitrogen and oxygen atoms in total. The molecule has 2 saturated heterocycles. The van der Waals surface area contributed by atoms with Crippen LogP contribution in [0, 0.1) is 0 Å². The van der Waals surface area contributed by atoms with Crippen LogP contribution in [0.1, 0.15) is 20.8 Å². The van der Waals surface area contributed by atoms with Crippen molar-refractivity contribution in [2.24, 2.45) is 0 Å². The fraction of sp³-hybridized carbons (Fsp3) is 0.909. The van der Waals surface area contributed by atoms with Gasteiger partial charge in [0, 0.05) is 20.8 Å². The van der Waals surface area contributed by atoms with Crippen LogP contribution in [-0.2, 0) is 64.9 Å². The molecule has 52 heavy (non-hydrogen) atoms. The zero-order valence-electron chi connectivity index (χ0n) is 34.9. The molecule has 10 atom stereocenters. The van der Waals surface area contributed by atoms with Gasteiger partial charge in [-0.2, -0.15) is 0 Å². The molecule has 0 N–H and O–H groups in total. The summed E-state index contributed by atoms with van der Waals surface area (Å²) < 4.78 is 71.3. The molecule has 0 spiro atoms. The second-order valence-electron chi connectivity index (χ2n) is 18.4. The van der Waals surface area contributed by atoms with Crippen molar-refractivity contribution < 1.29 is 64.9 Å². The lowest BCUT2D eigenvalue weighted by Gasteiger charge is -2.53. The van der Waals surface area contributed by atoms with Crippen molar-refractivity contribution in [3.8, 4) is 0 Å². The molecule has 0 aromatic rings. The molecule has 1 unspecified atom stereocenters. The van der Waals surface area contributed by atoms with E-state index in [0.717, 1.165) is 0 Å². The predicted molar refractivity (Wildman–Crippen MR) is 208 cm³/mol. The van der Waals surface area contributed by atoms with Crippen LogP contribution in [0.15, 0.2) is 0 Å². The Labute approximate surface area is 317 Å². The standard InChI is InChI=1S/C33H68O14Si5/c1-21(34)37-19-24-26(28(44-49(7,8)9)30(46-51(13,14)15)32(40-24)39-23(3)36)42-33-31(47-52(16,17)18)29(45-50(10,11)12)27(43-48(4,5)6)25(41-33)20-38-22(2)35/h24-33H,19-20H2,1-18H3/t24-,25-,26-,27+,28+,29+,30-,31-,32?,33+/m1/s1. The first-order valence-corrected chi connectivity index (χ1v) is 35.2. The van der Waals surface area contributed by atoms with Crippen molar-refractivity contribution in [3.05, 3.63) is 0 Å². The number of hydrogen-bond acceptors (Lipinski definition) is 14. The smallest absolute Gasteiger partial charge is 0.305 e. The maximum absolute atomic E-state index is 12.4. The van der Waals surface area contributed by atoms with E-state index in [1.807, 2.05) is 39.3 Å². The Morgan fingerprint density at radius 2 is 0.731 bits per heavy atom. The molecular formula is C33H68O14Si5. The average molecular weight is 829 g/mol. The van der Waals surface area contributed by atoms with Gasteiger partial charge >= 0.3 is 17.9 Å². The Kier molecular flexibility index (Phi) is 16.8. The van der Waals surface area contributed by atoms with Crippen molar-refractivity contribution >= 4 is 59.5 Å². The third kappa shape index (κ3) is 16.9. The molecular weight excluding hydrogens is 761 g/mol. The average Bonchev–Trinajstić information content (AvgIpc) is 2.89. The maximum Gasteiger partial charge on any atom is 0.305 e. The monoisotopic (exact) mass is 828 g/mol. The van der Waals surface area contributed by atoms with E-state index in [1.54, 1.807) is 0 Å². The van der Waals surface area contributed by atoms with Gasteiger partial charge in [-0.15, -0.1) is 0 Å². The van der Waals surface area contributed by atoms with E-state index in [2.05, 4.69) is 58.9 Å². The molecule has 19 heteroatoms. The minimum atomic E-state index is -2.40. The lowest BCUT2D eigenvalue weighted by atomic mass is 9.97. The Morgan fingerprint density at radius 1 is 0.423 bits per heavy atom. The molecule has 0 aromatic heterocycles. The summed E-state index contributed by atoms with van der Waals surface area (Å²) in [5.41, 5.74) is 0. The van der Waals surface area contributed by atoms with Crippen LogP contribution in [0.5, 0.6) is 0 Å². The minimum absolute atomic E-state index is 0.113. The fourth-order valence-corrected chi connectivity index (χ4v) is 11.2. The fourth-order valence-electron chi connectivity index (χ4n) is 5.81. The summed E-state index contributed by atoms with van der Waals surface area (Å²) in [6, 6.07) is 0. The lowest BCUT2D eigenvalue weighted by molar-refractivity contribution is -0.348. The number of hydrogen-bond donors (Lipinski definition) is 0. The Morgan fingerprint density at radius 3 is 1.10 bits per heavy atom. The van der Waals surface area contributed by atoms with Crippen LogP contribution >= 0.6 is 0 Å². The summed E-state index contributed by atoms with van der Waals surface area (Å²) in [5, 5.41) is 0. The van der Waals surface area contributed by atoms with Gasteiger partial charge in [-0.1, -0.05) is 0 Å². The minimum Gasteiger partial charge on any atom is -0.463 e. The largest absolute Gasteiger partial charge is 0.463 e. The highest BCUT2D eigenvalue weighted by molar-refractivity contribution is 6.71. The molecule has 2 fully saturated rings. The Bertz CT molecular complexity index is 1190. The van der Waals surface area contributed by atoms with Gasteiger partial charge in [-0.05, 0) is 98.2 Å². The Hall–Kier alpha value is -0.826. The normalized spacial score (nSPS) is 30.8. The number of carbonyl (C=O) groups excluding carboxylic acids is 3. The summed E-state index contributed by atoms with van der Waals surface area (Å²) in [6.45, 7) is 34.5. The molecule has 0 aliphatic carbocycles. The SMILES string of the molecule is CC(=O)OC[C@H]1O[C@@H](O[C@H]2[C@H](O[Si](C)(C)C)[C@@H](O[Si](C)(C)C)C(OC(C)=O)O[C@@H]2COC(C)=O)[C@H](O[Si](C)(C)C)[C@@H](O[Si](C)(C)C)[C@H]1O[Si](C)(C)C. The summed E-state index contributed by atoms with van der Waals surface area (Å²) >= 11 is 0. The van der Waals surface area contributed by atoms with E-state index < -0.39 is 121 Å². The van der Waals surface area contributed by atoms with Crippen molar-refractivity contribution in [2.45, 2.75) is 180 Å². The van der Waals surface area contributed by atoms with E-state index in [0.29, 0.717) is 0 Å². The first kappa shape index (κ1) is 47.3. The second kappa shape index (κ2) is 18.4. The summed E-state index contributed by atoms with van der Waals surface area (Å²) in [5.74, 6) is -1.57. The van der Waals surface area contributed by atoms with Gasteiger partial charge < -0.3 is 50.6 Å². The Balaban J connectivity index is 2.87.